The summed E-state index contributed by atoms with van der Waals surface area (Å²) in [6, 6.07) is 7.24. The molecule has 1 heterocycles. The van der Waals surface area contributed by atoms with E-state index in [0.717, 1.165) is 5.46 Å². The van der Waals surface area contributed by atoms with Crippen LogP contribution in [0.3, 0.4) is 0 Å². The maximum atomic E-state index is 10.8. The quantitative estimate of drug-likeness (QED) is 0.733. The average molecular weight is 261 g/mol. The van der Waals surface area contributed by atoms with Crippen molar-refractivity contribution >= 4 is 18.6 Å². The molecule has 1 fully saturated rings. The van der Waals surface area contributed by atoms with Crippen LogP contribution < -0.4 is 10.6 Å². The summed E-state index contributed by atoms with van der Waals surface area (Å²) in [5.41, 5.74) is 0.546. The third-order valence-corrected chi connectivity index (χ3v) is 3.90. The summed E-state index contributed by atoms with van der Waals surface area (Å²) in [6.07, 6.45) is -0.139. The second-order valence-electron chi connectivity index (χ2n) is 5.84. The van der Waals surface area contributed by atoms with Gasteiger partial charge >= 0.3 is 7.12 Å². The van der Waals surface area contributed by atoms with Crippen LogP contribution in [0.2, 0.25) is 0 Å². The predicted octanol–water partition coefficient (Wildman–Crippen LogP) is 0.278. The van der Waals surface area contributed by atoms with Crippen molar-refractivity contribution in [2.75, 3.05) is 0 Å². The zero-order valence-corrected chi connectivity index (χ0v) is 11.7. The van der Waals surface area contributed by atoms with Crippen molar-refractivity contribution in [3.63, 3.8) is 0 Å². The number of aliphatic carboxylic acids is 1. The van der Waals surface area contributed by atoms with Gasteiger partial charge in [0.15, 0.2) is 0 Å². The molecule has 2 rings (SSSR count). The average Bonchev–Trinajstić information content (AvgIpc) is 2.48. The molecule has 1 aromatic rings. The Morgan fingerprint density at radius 1 is 1.16 bits per heavy atom. The number of carboxylic acids is 1. The fourth-order valence-corrected chi connectivity index (χ4v) is 2.05. The molecule has 0 N–H and O–H groups in total. The van der Waals surface area contributed by atoms with E-state index in [1.54, 1.807) is 12.1 Å². The Kier molecular flexibility index (Phi) is 3.45. The third-order valence-electron chi connectivity index (χ3n) is 3.90. The molecule has 1 aromatic carbocycles. The maximum Gasteiger partial charge on any atom is 0.495 e. The van der Waals surface area contributed by atoms with E-state index < -0.39 is 24.3 Å². The number of hydrogen-bond donors (Lipinski definition) is 0. The van der Waals surface area contributed by atoms with Gasteiger partial charge in [-0.1, -0.05) is 24.3 Å². The Labute approximate surface area is 113 Å². The molecule has 102 valence electrons. The van der Waals surface area contributed by atoms with E-state index in [0.29, 0.717) is 5.56 Å². The molecule has 0 amide bonds. The molecule has 0 aromatic heterocycles. The topological polar surface area (TPSA) is 58.6 Å². The number of carboxylic acid groups (broad SMARTS) is 1. The molecule has 5 heteroatoms. The lowest BCUT2D eigenvalue weighted by molar-refractivity contribution is -0.304. The normalized spacial score (nSPS) is 20.5. The van der Waals surface area contributed by atoms with E-state index in [1.165, 1.54) is 0 Å². The molecule has 0 radical (unpaired) electrons. The molecule has 0 atom stereocenters. The molecular weight excluding hydrogens is 243 g/mol. The van der Waals surface area contributed by atoms with E-state index in [9.17, 15) is 9.90 Å². The fraction of sp³-hybridized carbons (Fsp3) is 0.500. The van der Waals surface area contributed by atoms with Crippen molar-refractivity contribution < 1.29 is 19.2 Å². The van der Waals surface area contributed by atoms with Crippen LogP contribution in [0.15, 0.2) is 24.3 Å². The van der Waals surface area contributed by atoms with Gasteiger partial charge in [0, 0.05) is 12.4 Å². The van der Waals surface area contributed by atoms with Gasteiger partial charge in [-0.3, -0.25) is 0 Å². The minimum Gasteiger partial charge on any atom is -0.550 e. The highest BCUT2D eigenvalue weighted by molar-refractivity contribution is 6.62. The second kappa shape index (κ2) is 4.65. The van der Waals surface area contributed by atoms with E-state index in [4.69, 9.17) is 9.31 Å². The van der Waals surface area contributed by atoms with Gasteiger partial charge in [-0.15, -0.1) is 0 Å². The van der Waals surface area contributed by atoms with Crippen LogP contribution in [0, 0.1) is 0 Å². The smallest absolute Gasteiger partial charge is 0.495 e. The zero-order valence-electron chi connectivity index (χ0n) is 11.7. The Morgan fingerprint density at radius 2 is 1.68 bits per heavy atom. The molecule has 19 heavy (non-hydrogen) atoms. The van der Waals surface area contributed by atoms with Gasteiger partial charge in [-0.25, -0.2) is 0 Å². The maximum absolute atomic E-state index is 10.8. The van der Waals surface area contributed by atoms with E-state index in [-0.39, 0.29) is 6.42 Å². The van der Waals surface area contributed by atoms with Gasteiger partial charge in [0.05, 0.1) is 11.2 Å². The van der Waals surface area contributed by atoms with Crippen LogP contribution in [-0.2, 0) is 20.5 Å². The zero-order chi connectivity index (χ0) is 14.3. The summed E-state index contributed by atoms with van der Waals surface area (Å²) < 4.78 is 11.9. The Bertz CT molecular complexity index is 480. The van der Waals surface area contributed by atoms with Crippen molar-refractivity contribution in [1.29, 1.82) is 0 Å². The first kappa shape index (κ1) is 14.1. The standard InChI is InChI=1S/C14H19BO4/c1-13(2)14(3,4)19-15(18-13)11-8-6-5-7-10(11)9-12(16)17/h5-8H,9H2,1-4H3,(H,16,17)/p-1. The highest BCUT2D eigenvalue weighted by Crippen LogP contribution is 2.36. The number of rotatable bonds is 3. The summed E-state index contributed by atoms with van der Waals surface area (Å²) in [6.45, 7) is 7.87. The molecular formula is C14H18BO4-. The van der Waals surface area contributed by atoms with E-state index >= 15 is 0 Å². The number of carbonyl (C=O) groups excluding carboxylic acids is 1. The van der Waals surface area contributed by atoms with Gasteiger partial charge in [-0.05, 0) is 38.7 Å². The van der Waals surface area contributed by atoms with Crippen molar-refractivity contribution in [1.82, 2.24) is 0 Å². The van der Waals surface area contributed by atoms with Crippen molar-refractivity contribution in [3.05, 3.63) is 29.8 Å². The van der Waals surface area contributed by atoms with Crippen LogP contribution >= 0.6 is 0 Å². The highest BCUT2D eigenvalue weighted by Gasteiger charge is 2.52. The number of carbonyl (C=O) groups is 1. The van der Waals surface area contributed by atoms with E-state index in [2.05, 4.69) is 0 Å². The largest absolute Gasteiger partial charge is 0.550 e. The molecule has 0 spiro atoms. The van der Waals surface area contributed by atoms with Crippen LogP contribution in [-0.4, -0.2) is 24.3 Å². The van der Waals surface area contributed by atoms with Gasteiger partial charge in [0.25, 0.3) is 0 Å². The highest BCUT2D eigenvalue weighted by atomic mass is 16.7. The van der Waals surface area contributed by atoms with Gasteiger partial charge in [-0.2, -0.15) is 0 Å². The number of hydrogen-bond acceptors (Lipinski definition) is 4. The SMILES string of the molecule is CC1(C)OB(c2ccccc2CC(=O)[O-])OC1(C)C. The molecule has 0 aliphatic carbocycles. The molecule has 1 saturated heterocycles. The first-order valence-electron chi connectivity index (χ1n) is 6.36. The van der Waals surface area contributed by atoms with Crippen LogP contribution in [0.4, 0.5) is 0 Å². The Hall–Kier alpha value is -1.33. The minimum atomic E-state index is -1.11. The molecule has 1 aliphatic rings. The second-order valence-corrected chi connectivity index (χ2v) is 5.84. The first-order valence-corrected chi connectivity index (χ1v) is 6.36. The Morgan fingerprint density at radius 3 is 2.21 bits per heavy atom. The first-order chi connectivity index (χ1) is 8.73. The van der Waals surface area contributed by atoms with Crippen LogP contribution in [0.5, 0.6) is 0 Å². The van der Waals surface area contributed by atoms with Crippen molar-refractivity contribution in [2.45, 2.75) is 45.3 Å². The van der Waals surface area contributed by atoms with Crippen LogP contribution in [0.25, 0.3) is 0 Å². The van der Waals surface area contributed by atoms with Crippen molar-refractivity contribution in [3.8, 4) is 0 Å². The van der Waals surface area contributed by atoms with Gasteiger partial charge in [0.1, 0.15) is 0 Å². The molecule has 0 saturated carbocycles. The monoisotopic (exact) mass is 261 g/mol. The molecule has 0 unspecified atom stereocenters. The number of benzene rings is 1. The van der Waals surface area contributed by atoms with Gasteiger partial charge in [0.2, 0.25) is 0 Å². The summed E-state index contributed by atoms with van der Waals surface area (Å²) in [5.74, 6) is -1.11. The molecule has 0 bridgehead atoms. The fourth-order valence-electron chi connectivity index (χ4n) is 2.05. The molecule has 1 aliphatic heterocycles. The summed E-state index contributed by atoms with van der Waals surface area (Å²) >= 11 is 0. The van der Waals surface area contributed by atoms with Crippen LogP contribution in [0.1, 0.15) is 33.3 Å². The summed E-state index contributed by atoms with van der Waals surface area (Å²) in [4.78, 5) is 10.8. The minimum absolute atomic E-state index is 0.139. The lowest BCUT2D eigenvalue weighted by Crippen LogP contribution is -2.41. The predicted molar refractivity (Wildman–Crippen MR) is 70.9 cm³/mol. The van der Waals surface area contributed by atoms with Gasteiger partial charge < -0.3 is 19.2 Å². The Balaban J connectivity index is 2.32. The summed E-state index contributed by atoms with van der Waals surface area (Å²) in [7, 11) is -0.541. The molecule has 4 nitrogen and oxygen atoms in total. The van der Waals surface area contributed by atoms with E-state index in [1.807, 2.05) is 39.8 Å². The lowest BCUT2D eigenvalue weighted by atomic mass is 9.75. The lowest BCUT2D eigenvalue weighted by Gasteiger charge is -2.32. The third kappa shape index (κ3) is 2.67. The summed E-state index contributed by atoms with van der Waals surface area (Å²) in [5, 5.41) is 10.8. The van der Waals surface area contributed by atoms with Crippen molar-refractivity contribution in [2.24, 2.45) is 0 Å².